The topological polar surface area (TPSA) is 68.5 Å². The van der Waals surface area contributed by atoms with Gasteiger partial charge in [-0.1, -0.05) is 0 Å². The van der Waals surface area contributed by atoms with E-state index in [0.717, 1.165) is 30.5 Å². The number of fused-ring (bicyclic) bond motifs is 1. The summed E-state index contributed by atoms with van der Waals surface area (Å²) in [7, 11) is 0. The summed E-state index contributed by atoms with van der Waals surface area (Å²) in [5.41, 5.74) is 2.69. The van der Waals surface area contributed by atoms with E-state index in [-0.39, 0.29) is 17.6 Å². The number of halogens is 2. The molecule has 8 heteroatoms. The molecule has 1 aliphatic carbocycles. The predicted molar refractivity (Wildman–Crippen MR) is 111 cm³/mol. The molecule has 1 fully saturated rings. The van der Waals surface area contributed by atoms with Gasteiger partial charge in [0.1, 0.15) is 17.4 Å². The van der Waals surface area contributed by atoms with E-state index in [2.05, 4.69) is 15.5 Å². The molecule has 1 N–H and O–H groups in total. The quantitative estimate of drug-likeness (QED) is 0.486. The van der Waals surface area contributed by atoms with E-state index in [0.29, 0.717) is 28.5 Å². The number of pyridine rings is 1. The van der Waals surface area contributed by atoms with E-state index in [4.69, 9.17) is 4.74 Å². The van der Waals surface area contributed by atoms with E-state index in [1.54, 1.807) is 18.2 Å². The maximum atomic E-state index is 14.2. The Morgan fingerprint density at radius 1 is 1.06 bits per heavy atom. The van der Waals surface area contributed by atoms with Crippen LogP contribution in [0.2, 0.25) is 0 Å². The standard InChI is InChI=1S/C23H18F2N4O2/c1-13-27-28-22-9-4-15(12-29(13)22)18-11-17(26-23(30)14-2-3-14)6-8-20(18)31-21-7-5-16(24)10-19(21)25/h4-12,14H,2-3H2,1H3,(H,26,30). The summed E-state index contributed by atoms with van der Waals surface area (Å²) in [6.07, 6.45) is 3.64. The second-order valence-corrected chi connectivity index (χ2v) is 7.54. The molecule has 0 aliphatic heterocycles. The summed E-state index contributed by atoms with van der Waals surface area (Å²) in [6.45, 7) is 1.83. The molecular weight excluding hydrogens is 402 g/mol. The van der Waals surface area contributed by atoms with Crippen LogP contribution in [0.4, 0.5) is 14.5 Å². The van der Waals surface area contributed by atoms with Gasteiger partial charge in [-0.3, -0.25) is 9.20 Å². The maximum absolute atomic E-state index is 14.2. The van der Waals surface area contributed by atoms with Gasteiger partial charge in [-0.25, -0.2) is 8.78 Å². The first kappa shape index (κ1) is 19.2. The molecule has 1 aliphatic rings. The van der Waals surface area contributed by atoms with Gasteiger partial charge >= 0.3 is 0 Å². The van der Waals surface area contributed by atoms with E-state index < -0.39 is 11.6 Å². The van der Waals surface area contributed by atoms with E-state index in [1.165, 1.54) is 6.07 Å². The number of nitrogens with zero attached hydrogens (tertiary/aromatic N) is 3. The van der Waals surface area contributed by atoms with Crippen molar-refractivity contribution < 1.29 is 18.3 Å². The van der Waals surface area contributed by atoms with Crippen molar-refractivity contribution in [2.75, 3.05) is 5.32 Å². The fraction of sp³-hybridized carbons (Fsp3) is 0.174. The molecule has 0 atom stereocenters. The Morgan fingerprint density at radius 3 is 2.65 bits per heavy atom. The average molecular weight is 420 g/mol. The number of carbonyl (C=O) groups excluding carboxylic acids is 1. The molecule has 2 heterocycles. The lowest BCUT2D eigenvalue weighted by Crippen LogP contribution is -2.13. The first-order valence-corrected chi connectivity index (χ1v) is 9.87. The molecule has 0 radical (unpaired) electrons. The Labute approximate surface area is 176 Å². The number of rotatable bonds is 5. The van der Waals surface area contributed by atoms with Crippen LogP contribution in [0, 0.1) is 24.5 Å². The fourth-order valence-electron chi connectivity index (χ4n) is 3.35. The Kier molecular flexibility index (Phi) is 4.62. The van der Waals surface area contributed by atoms with Gasteiger partial charge in [0.2, 0.25) is 5.91 Å². The van der Waals surface area contributed by atoms with Crippen LogP contribution in [0.3, 0.4) is 0 Å². The normalized spacial score (nSPS) is 13.4. The monoisotopic (exact) mass is 420 g/mol. The molecule has 4 aromatic rings. The van der Waals surface area contributed by atoms with Gasteiger partial charge in [-0.15, -0.1) is 10.2 Å². The van der Waals surface area contributed by atoms with Crippen molar-refractivity contribution in [1.29, 1.82) is 0 Å². The molecule has 156 valence electrons. The van der Waals surface area contributed by atoms with Crippen molar-refractivity contribution in [2.45, 2.75) is 19.8 Å². The predicted octanol–water partition coefficient (Wildman–Crippen LogP) is 5.12. The van der Waals surface area contributed by atoms with Crippen molar-refractivity contribution in [2.24, 2.45) is 5.92 Å². The van der Waals surface area contributed by atoms with Gasteiger partial charge in [0.15, 0.2) is 17.2 Å². The van der Waals surface area contributed by atoms with Crippen LogP contribution in [0.15, 0.2) is 54.7 Å². The summed E-state index contributed by atoms with van der Waals surface area (Å²) < 4.78 is 35.1. The number of hydrogen-bond donors (Lipinski definition) is 1. The van der Waals surface area contributed by atoms with Crippen molar-refractivity contribution in [3.8, 4) is 22.6 Å². The van der Waals surface area contributed by atoms with E-state index in [1.807, 2.05) is 29.7 Å². The van der Waals surface area contributed by atoms with Crippen LogP contribution in [-0.4, -0.2) is 20.5 Å². The van der Waals surface area contributed by atoms with Crippen molar-refractivity contribution in [1.82, 2.24) is 14.6 Å². The Bertz CT molecular complexity index is 1310. The second-order valence-electron chi connectivity index (χ2n) is 7.54. The molecule has 2 aromatic heterocycles. The van der Waals surface area contributed by atoms with Crippen molar-refractivity contribution in [3.05, 3.63) is 72.2 Å². The summed E-state index contributed by atoms with van der Waals surface area (Å²) in [5, 5.41) is 11.1. The fourth-order valence-corrected chi connectivity index (χ4v) is 3.35. The molecule has 2 aromatic carbocycles. The Balaban J connectivity index is 1.58. The minimum Gasteiger partial charge on any atom is -0.454 e. The van der Waals surface area contributed by atoms with Gasteiger partial charge in [0, 0.05) is 35.0 Å². The summed E-state index contributed by atoms with van der Waals surface area (Å²) in [6, 6.07) is 11.9. The third kappa shape index (κ3) is 3.84. The number of carbonyl (C=O) groups is 1. The van der Waals surface area contributed by atoms with Crippen molar-refractivity contribution >= 4 is 17.2 Å². The number of amides is 1. The molecule has 0 unspecified atom stereocenters. The zero-order chi connectivity index (χ0) is 21.5. The van der Waals surface area contributed by atoms with Gasteiger partial charge in [0.25, 0.3) is 0 Å². The third-order valence-corrected chi connectivity index (χ3v) is 5.19. The molecule has 6 nitrogen and oxygen atoms in total. The lowest BCUT2D eigenvalue weighted by atomic mass is 10.1. The Hall–Kier alpha value is -3.81. The first-order chi connectivity index (χ1) is 15.0. The van der Waals surface area contributed by atoms with E-state index in [9.17, 15) is 13.6 Å². The molecule has 1 amide bonds. The van der Waals surface area contributed by atoms with Gasteiger partial charge in [-0.2, -0.15) is 0 Å². The zero-order valence-corrected chi connectivity index (χ0v) is 16.6. The zero-order valence-electron chi connectivity index (χ0n) is 16.6. The lowest BCUT2D eigenvalue weighted by Gasteiger charge is -2.15. The summed E-state index contributed by atoms with van der Waals surface area (Å²) >= 11 is 0. The number of anilines is 1. The largest absolute Gasteiger partial charge is 0.454 e. The highest BCUT2D eigenvalue weighted by Gasteiger charge is 2.29. The first-order valence-electron chi connectivity index (χ1n) is 9.87. The highest BCUT2D eigenvalue weighted by atomic mass is 19.1. The van der Waals surface area contributed by atoms with Crippen LogP contribution in [0.1, 0.15) is 18.7 Å². The van der Waals surface area contributed by atoms with Gasteiger partial charge in [-0.05, 0) is 62.2 Å². The average Bonchev–Trinajstić information content (AvgIpc) is 3.55. The number of aromatic nitrogens is 3. The number of benzene rings is 2. The lowest BCUT2D eigenvalue weighted by molar-refractivity contribution is -0.117. The van der Waals surface area contributed by atoms with Crippen LogP contribution in [-0.2, 0) is 4.79 Å². The second kappa shape index (κ2) is 7.46. The number of ether oxygens (including phenoxy) is 1. The van der Waals surface area contributed by atoms with Crippen LogP contribution in [0.5, 0.6) is 11.5 Å². The smallest absolute Gasteiger partial charge is 0.227 e. The van der Waals surface area contributed by atoms with Gasteiger partial charge in [0.05, 0.1) is 0 Å². The number of nitrogens with one attached hydrogen (secondary N) is 1. The van der Waals surface area contributed by atoms with Crippen molar-refractivity contribution in [3.63, 3.8) is 0 Å². The molecule has 5 rings (SSSR count). The number of hydrogen-bond acceptors (Lipinski definition) is 4. The van der Waals surface area contributed by atoms with Crippen LogP contribution in [0.25, 0.3) is 16.8 Å². The highest BCUT2D eigenvalue weighted by Crippen LogP contribution is 2.37. The number of aryl methyl sites for hydroxylation is 1. The summed E-state index contributed by atoms with van der Waals surface area (Å²) in [5.74, 6) is -0.474. The Morgan fingerprint density at radius 2 is 1.87 bits per heavy atom. The SMILES string of the molecule is Cc1nnc2ccc(-c3cc(NC(=O)C4CC4)ccc3Oc3ccc(F)cc3F)cn12. The molecule has 31 heavy (non-hydrogen) atoms. The molecule has 0 bridgehead atoms. The minimum atomic E-state index is -0.804. The third-order valence-electron chi connectivity index (χ3n) is 5.19. The van der Waals surface area contributed by atoms with E-state index >= 15 is 0 Å². The van der Waals surface area contributed by atoms with Gasteiger partial charge < -0.3 is 10.1 Å². The van der Waals surface area contributed by atoms with Crippen LogP contribution >= 0.6 is 0 Å². The van der Waals surface area contributed by atoms with Crippen LogP contribution < -0.4 is 10.1 Å². The summed E-state index contributed by atoms with van der Waals surface area (Å²) in [4.78, 5) is 12.2. The molecular formula is C23H18F2N4O2. The molecule has 0 spiro atoms. The molecule has 1 saturated carbocycles. The minimum absolute atomic E-state index is 0.0192. The highest BCUT2D eigenvalue weighted by molar-refractivity contribution is 5.95. The maximum Gasteiger partial charge on any atom is 0.227 e. The molecule has 0 saturated heterocycles.